The van der Waals surface area contributed by atoms with Crippen molar-refractivity contribution in [3.63, 3.8) is 0 Å². The van der Waals surface area contributed by atoms with Gasteiger partial charge in [-0.1, -0.05) is 12.1 Å². The quantitative estimate of drug-likeness (QED) is 0.483. The monoisotopic (exact) mass is 255 g/mol. The van der Waals surface area contributed by atoms with Crippen molar-refractivity contribution in [3.05, 3.63) is 33.9 Å². The number of sulfonamides is 1. The summed E-state index contributed by atoms with van der Waals surface area (Å²) < 4.78 is 25.5. The largest absolute Gasteiger partial charge is 0.289 e. The number of nitrogens with one attached hydrogen (secondary N) is 1. The van der Waals surface area contributed by atoms with Crippen LogP contribution >= 0.6 is 0 Å². The highest BCUT2D eigenvalue weighted by atomic mass is 32.2. The van der Waals surface area contributed by atoms with E-state index in [4.69, 9.17) is 5.26 Å². The third-order valence-corrected chi connectivity index (χ3v) is 3.59. The van der Waals surface area contributed by atoms with Gasteiger partial charge in [0.05, 0.1) is 17.5 Å². The normalized spacial score (nSPS) is 10.8. The van der Waals surface area contributed by atoms with Gasteiger partial charge >= 0.3 is 0 Å². The van der Waals surface area contributed by atoms with Crippen LogP contribution in [0.3, 0.4) is 0 Å². The lowest BCUT2D eigenvalue weighted by molar-refractivity contribution is -0.387. The lowest BCUT2D eigenvalue weighted by Crippen LogP contribution is -2.25. The van der Waals surface area contributed by atoms with E-state index in [2.05, 4.69) is 0 Å². The average molecular weight is 255 g/mol. The van der Waals surface area contributed by atoms with Crippen molar-refractivity contribution in [2.75, 3.05) is 6.54 Å². The number of benzene rings is 1. The summed E-state index contributed by atoms with van der Waals surface area (Å²) in [5.41, 5.74) is -0.250. The second kappa shape index (κ2) is 4.90. The maximum Gasteiger partial charge on any atom is 0.289 e. The van der Waals surface area contributed by atoms with Crippen molar-refractivity contribution in [1.82, 2.24) is 4.72 Å². The highest BCUT2D eigenvalue weighted by molar-refractivity contribution is 7.89. The van der Waals surface area contributed by atoms with Gasteiger partial charge in [-0.05, 0) is 12.5 Å². The Hall–Kier alpha value is -1.98. The van der Waals surface area contributed by atoms with Gasteiger partial charge in [-0.15, -0.1) is 0 Å². The van der Waals surface area contributed by atoms with Crippen molar-refractivity contribution < 1.29 is 13.3 Å². The number of nitro groups is 1. The van der Waals surface area contributed by atoms with Crippen molar-refractivity contribution in [2.24, 2.45) is 0 Å². The molecule has 0 amide bonds. The van der Waals surface area contributed by atoms with Crippen LogP contribution in [0.1, 0.15) is 5.56 Å². The minimum absolute atomic E-state index is 0.254. The summed E-state index contributed by atoms with van der Waals surface area (Å²) in [6, 6.07) is 5.56. The summed E-state index contributed by atoms with van der Waals surface area (Å²) in [7, 11) is -4.04. The topological polar surface area (TPSA) is 113 Å². The molecule has 0 aliphatic rings. The van der Waals surface area contributed by atoms with Crippen LogP contribution in [-0.2, 0) is 10.0 Å². The van der Waals surface area contributed by atoms with Gasteiger partial charge in [0.25, 0.3) is 5.69 Å². The molecule has 8 heteroatoms. The Balaban J connectivity index is 3.40. The van der Waals surface area contributed by atoms with Crippen molar-refractivity contribution in [1.29, 1.82) is 5.26 Å². The molecule has 90 valence electrons. The SMILES string of the molecule is Cc1cccc([N+](=O)[O-])c1S(=O)(=O)NCC#N. The minimum Gasteiger partial charge on any atom is -0.258 e. The second-order valence-corrected chi connectivity index (χ2v) is 4.87. The van der Waals surface area contributed by atoms with E-state index < -0.39 is 32.1 Å². The zero-order valence-corrected chi connectivity index (χ0v) is 9.69. The molecule has 0 spiro atoms. The number of hydrogen-bond acceptors (Lipinski definition) is 5. The van der Waals surface area contributed by atoms with E-state index in [0.717, 1.165) is 6.07 Å². The van der Waals surface area contributed by atoms with Crippen molar-refractivity contribution in [3.8, 4) is 6.07 Å². The van der Waals surface area contributed by atoms with Gasteiger partial charge in [-0.25, -0.2) is 8.42 Å². The van der Waals surface area contributed by atoms with Gasteiger partial charge in [0, 0.05) is 6.07 Å². The Morgan fingerprint density at radius 1 is 1.53 bits per heavy atom. The molecular formula is C9H9N3O4S. The molecule has 0 unspecified atom stereocenters. The number of aryl methyl sites for hydroxylation is 1. The van der Waals surface area contributed by atoms with E-state index in [-0.39, 0.29) is 5.56 Å². The summed E-state index contributed by atoms with van der Waals surface area (Å²) in [5.74, 6) is 0. The van der Waals surface area contributed by atoms with E-state index in [1.54, 1.807) is 6.07 Å². The number of nitro benzene ring substituents is 1. The van der Waals surface area contributed by atoms with Gasteiger partial charge in [-0.3, -0.25) is 10.1 Å². The molecular weight excluding hydrogens is 246 g/mol. The first-order valence-electron chi connectivity index (χ1n) is 4.51. The smallest absolute Gasteiger partial charge is 0.258 e. The van der Waals surface area contributed by atoms with Crippen LogP contribution < -0.4 is 4.72 Å². The highest BCUT2D eigenvalue weighted by Gasteiger charge is 2.27. The first-order valence-corrected chi connectivity index (χ1v) is 5.99. The molecule has 17 heavy (non-hydrogen) atoms. The first kappa shape index (κ1) is 13.1. The maximum absolute atomic E-state index is 11.8. The minimum atomic E-state index is -4.04. The second-order valence-electron chi connectivity index (χ2n) is 3.16. The fourth-order valence-electron chi connectivity index (χ4n) is 1.33. The Labute approximate surface area is 97.9 Å². The molecule has 1 aromatic rings. The van der Waals surface area contributed by atoms with Gasteiger partial charge in [0.1, 0.15) is 0 Å². The van der Waals surface area contributed by atoms with Crippen LogP contribution in [-0.4, -0.2) is 19.9 Å². The molecule has 1 rings (SSSR count). The van der Waals surface area contributed by atoms with Gasteiger partial charge in [-0.2, -0.15) is 9.98 Å². The van der Waals surface area contributed by atoms with Gasteiger partial charge in [0.2, 0.25) is 10.0 Å². The van der Waals surface area contributed by atoms with Crippen molar-refractivity contribution >= 4 is 15.7 Å². The van der Waals surface area contributed by atoms with Gasteiger partial charge in [0.15, 0.2) is 4.90 Å². The molecule has 0 saturated carbocycles. The molecule has 1 N–H and O–H groups in total. The molecule has 7 nitrogen and oxygen atoms in total. The third kappa shape index (κ3) is 2.77. The molecule has 0 aromatic heterocycles. The number of nitriles is 1. The summed E-state index contributed by atoms with van der Waals surface area (Å²) in [6.07, 6.45) is 0. The Bertz CT molecular complexity index is 589. The summed E-state index contributed by atoms with van der Waals surface area (Å²) in [4.78, 5) is 9.57. The van der Waals surface area contributed by atoms with Crippen LogP contribution in [0.25, 0.3) is 0 Å². The van der Waals surface area contributed by atoms with E-state index in [9.17, 15) is 18.5 Å². The number of nitrogens with zero attached hydrogens (tertiary/aromatic N) is 2. The fraction of sp³-hybridized carbons (Fsp3) is 0.222. The zero-order valence-electron chi connectivity index (χ0n) is 8.87. The molecule has 0 fully saturated rings. The molecule has 0 atom stereocenters. The summed E-state index contributed by atoms with van der Waals surface area (Å²) in [6.45, 7) is 1.02. The molecule has 0 heterocycles. The van der Waals surface area contributed by atoms with Crippen molar-refractivity contribution in [2.45, 2.75) is 11.8 Å². The molecule has 1 aromatic carbocycles. The molecule has 0 radical (unpaired) electrons. The van der Waals surface area contributed by atoms with E-state index in [1.165, 1.54) is 19.1 Å². The summed E-state index contributed by atoms with van der Waals surface area (Å²) in [5, 5.41) is 19.1. The summed E-state index contributed by atoms with van der Waals surface area (Å²) >= 11 is 0. The van der Waals surface area contributed by atoms with Crippen LogP contribution in [0.15, 0.2) is 23.1 Å². The highest BCUT2D eigenvalue weighted by Crippen LogP contribution is 2.26. The predicted molar refractivity (Wildman–Crippen MR) is 58.6 cm³/mol. The average Bonchev–Trinajstić information content (AvgIpc) is 2.25. The van der Waals surface area contributed by atoms with Crippen LogP contribution in [0.5, 0.6) is 0 Å². The van der Waals surface area contributed by atoms with E-state index in [1.807, 2.05) is 4.72 Å². The van der Waals surface area contributed by atoms with Gasteiger partial charge < -0.3 is 0 Å². The Morgan fingerprint density at radius 3 is 2.71 bits per heavy atom. The zero-order chi connectivity index (χ0) is 13.1. The Kier molecular flexibility index (Phi) is 3.77. The fourth-order valence-corrected chi connectivity index (χ4v) is 2.64. The lowest BCUT2D eigenvalue weighted by atomic mass is 10.2. The molecule has 0 bridgehead atoms. The lowest BCUT2D eigenvalue weighted by Gasteiger charge is -2.07. The molecule has 0 saturated heterocycles. The third-order valence-electron chi connectivity index (χ3n) is 2.00. The maximum atomic E-state index is 11.8. The van der Waals surface area contributed by atoms with Crippen LogP contribution in [0.4, 0.5) is 5.69 Å². The van der Waals surface area contributed by atoms with Crippen LogP contribution in [0, 0.1) is 28.4 Å². The molecule has 0 aliphatic heterocycles. The van der Waals surface area contributed by atoms with E-state index >= 15 is 0 Å². The first-order chi connectivity index (χ1) is 7.90. The van der Waals surface area contributed by atoms with E-state index in [0.29, 0.717) is 0 Å². The predicted octanol–water partition coefficient (Wildman–Crippen LogP) is 0.705. The number of hydrogen-bond donors (Lipinski definition) is 1. The number of rotatable bonds is 4. The van der Waals surface area contributed by atoms with Crippen LogP contribution in [0.2, 0.25) is 0 Å². The standard InChI is InChI=1S/C9H9N3O4S/c1-7-3-2-4-8(12(13)14)9(7)17(15,16)11-6-5-10/h2-4,11H,6H2,1H3. The Morgan fingerprint density at radius 2 is 2.18 bits per heavy atom. The molecule has 0 aliphatic carbocycles.